The second-order valence-electron chi connectivity index (χ2n) is 4.81. The smallest absolute Gasteiger partial charge is 0.0426 e. The summed E-state index contributed by atoms with van der Waals surface area (Å²) < 4.78 is 0. The number of nitrogens with zero attached hydrogens (tertiary/aromatic N) is 1. The van der Waals surface area contributed by atoms with Crippen LogP contribution in [0.5, 0.6) is 0 Å². The van der Waals surface area contributed by atoms with Gasteiger partial charge in [0.2, 0.25) is 0 Å². The van der Waals surface area contributed by atoms with Crippen LogP contribution in [0.3, 0.4) is 0 Å². The van der Waals surface area contributed by atoms with E-state index >= 15 is 0 Å². The minimum Gasteiger partial charge on any atom is -0.382 e. The van der Waals surface area contributed by atoms with Gasteiger partial charge in [0, 0.05) is 29.8 Å². The molecule has 3 heteroatoms. The second kappa shape index (κ2) is 5.74. The lowest BCUT2D eigenvalue weighted by atomic mass is 10.0. The Morgan fingerprint density at radius 1 is 1.35 bits per heavy atom. The molecule has 0 spiro atoms. The van der Waals surface area contributed by atoms with Crippen LogP contribution in [-0.4, -0.2) is 30.6 Å². The highest BCUT2D eigenvalue weighted by Gasteiger charge is 2.18. The minimum atomic E-state index is 0.593. The van der Waals surface area contributed by atoms with E-state index in [9.17, 15) is 0 Å². The molecule has 17 heavy (non-hydrogen) atoms. The largest absolute Gasteiger partial charge is 0.382 e. The number of piperidine rings is 1. The molecular weight excluding hydrogens is 232 g/mol. The molecule has 94 valence electrons. The third-order valence-corrected chi connectivity index (χ3v) is 3.83. The zero-order chi connectivity index (χ0) is 12.3. The first kappa shape index (κ1) is 12.7. The summed E-state index contributed by atoms with van der Waals surface area (Å²) in [6, 6.07) is 6.64. The Kier molecular flexibility index (Phi) is 4.30. The fourth-order valence-corrected chi connectivity index (χ4v) is 2.54. The van der Waals surface area contributed by atoms with Crippen molar-refractivity contribution in [3.05, 3.63) is 28.8 Å². The summed E-state index contributed by atoms with van der Waals surface area (Å²) in [4.78, 5) is 2.50. The maximum Gasteiger partial charge on any atom is 0.0426 e. The molecule has 1 aromatic rings. The van der Waals surface area contributed by atoms with Crippen LogP contribution in [-0.2, 0) is 0 Å². The highest BCUT2D eigenvalue weighted by Crippen LogP contribution is 2.23. The Labute approximate surface area is 109 Å². The summed E-state index contributed by atoms with van der Waals surface area (Å²) in [7, 11) is 0. The molecule has 1 aliphatic heterocycles. The van der Waals surface area contributed by atoms with Gasteiger partial charge in [-0.15, -0.1) is 0 Å². The van der Waals surface area contributed by atoms with Gasteiger partial charge in [-0.2, -0.15) is 0 Å². The van der Waals surface area contributed by atoms with Crippen LogP contribution in [0.1, 0.15) is 25.3 Å². The number of likely N-dealkylation sites (tertiary alicyclic amines) is 1. The quantitative estimate of drug-likeness (QED) is 0.885. The third-order valence-electron chi connectivity index (χ3n) is 3.59. The Morgan fingerprint density at radius 2 is 2.06 bits per heavy atom. The molecule has 0 saturated carbocycles. The van der Waals surface area contributed by atoms with E-state index in [0.29, 0.717) is 6.04 Å². The maximum atomic E-state index is 6.03. The van der Waals surface area contributed by atoms with E-state index in [4.69, 9.17) is 11.6 Å². The molecule has 2 rings (SSSR count). The highest BCUT2D eigenvalue weighted by molar-refractivity contribution is 6.30. The van der Waals surface area contributed by atoms with Crippen LogP contribution in [0.4, 0.5) is 5.69 Å². The fourth-order valence-electron chi connectivity index (χ4n) is 2.36. The number of aryl methyl sites for hydroxylation is 1. The fraction of sp³-hybridized carbons (Fsp3) is 0.571. The van der Waals surface area contributed by atoms with Crippen LogP contribution in [0.15, 0.2) is 18.2 Å². The summed E-state index contributed by atoms with van der Waals surface area (Å²) in [6.45, 7) is 7.93. The lowest BCUT2D eigenvalue weighted by molar-refractivity contribution is 0.229. The Hall–Kier alpha value is -0.730. The monoisotopic (exact) mass is 252 g/mol. The van der Waals surface area contributed by atoms with Gasteiger partial charge in [-0.1, -0.05) is 24.6 Å². The molecule has 0 aliphatic carbocycles. The topological polar surface area (TPSA) is 15.3 Å². The molecule has 1 aliphatic rings. The average Bonchev–Trinajstić information content (AvgIpc) is 2.35. The van der Waals surface area contributed by atoms with Crippen molar-refractivity contribution in [2.45, 2.75) is 32.7 Å². The summed E-state index contributed by atoms with van der Waals surface area (Å²) >= 11 is 6.03. The molecular formula is C14H21ClN2. The lowest BCUT2D eigenvalue weighted by Crippen LogP contribution is -2.38. The summed E-state index contributed by atoms with van der Waals surface area (Å²) in [5.41, 5.74) is 2.46. The van der Waals surface area contributed by atoms with Gasteiger partial charge in [0.25, 0.3) is 0 Å². The van der Waals surface area contributed by atoms with Gasteiger partial charge < -0.3 is 10.2 Å². The second-order valence-corrected chi connectivity index (χ2v) is 5.25. The first-order valence-electron chi connectivity index (χ1n) is 6.44. The van der Waals surface area contributed by atoms with Crippen LogP contribution >= 0.6 is 11.6 Å². The Balaban J connectivity index is 1.95. The Morgan fingerprint density at radius 3 is 2.71 bits per heavy atom. The van der Waals surface area contributed by atoms with E-state index in [1.54, 1.807) is 0 Å². The van der Waals surface area contributed by atoms with Crippen molar-refractivity contribution in [2.75, 3.05) is 25.0 Å². The van der Waals surface area contributed by atoms with Crippen LogP contribution < -0.4 is 5.32 Å². The third kappa shape index (κ3) is 3.36. The van der Waals surface area contributed by atoms with Crippen molar-refractivity contribution in [2.24, 2.45) is 0 Å². The van der Waals surface area contributed by atoms with Crippen LogP contribution in [0.2, 0.25) is 5.02 Å². The van der Waals surface area contributed by atoms with Gasteiger partial charge >= 0.3 is 0 Å². The van der Waals surface area contributed by atoms with Crippen molar-refractivity contribution in [1.82, 2.24) is 4.90 Å². The maximum absolute atomic E-state index is 6.03. The van der Waals surface area contributed by atoms with Gasteiger partial charge in [0.05, 0.1) is 0 Å². The predicted molar refractivity (Wildman–Crippen MR) is 74.9 cm³/mol. The minimum absolute atomic E-state index is 0.593. The predicted octanol–water partition coefficient (Wildman–Crippen LogP) is 3.54. The number of nitrogens with one attached hydrogen (secondary N) is 1. The summed E-state index contributed by atoms with van der Waals surface area (Å²) in [6.07, 6.45) is 2.44. The molecule has 0 bridgehead atoms. The molecule has 0 amide bonds. The van der Waals surface area contributed by atoms with E-state index in [0.717, 1.165) is 5.02 Å². The number of anilines is 1. The molecule has 1 aromatic carbocycles. The van der Waals surface area contributed by atoms with Gasteiger partial charge in [-0.25, -0.2) is 0 Å². The van der Waals surface area contributed by atoms with E-state index in [1.807, 2.05) is 12.1 Å². The van der Waals surface area contributed by atoms with E-state index in [1.165, 1.54) is 43.7 Å². The highest BCUT2D eigenvalue weighted by atomic mass is 35.5. The summed E-state index contributed by atoms with van der Waals surface area (Å²) in [5, 5.41) is 4.43. The normalized spacial score (nSPS) is 18.3. The SMILES string of the molecule is CCN1CCC(Nc2cc(Cl)ccc2C)CC1. The van der Waals surface area contributed by atoms with Crippen LogP contribution in [0, 0.1) is 6.92 Å². The molecule has 0 radical (unpaired) electrons. The van der Waals surface area contributed by atoms with Crippen molar-refractivity contribution < 1.29 is 0 Å². The van der Waals surface area contributed by atoms with Crippen molar-refractivity contribution >= 4 is 17.3 Å². The number of halogens is 1. The molecule has 0 aromatic heterocycles. The van der Waals surface area contributed by atoms with E-state index < -0.39 is 0 Å². The van der Waals surface area contributed by atoms with Gasteiger partial charge in [0.15, 0.2) is 0 Å². The number of hydrogen-bond acceptors (Lipinski definition) is 2. The van der Waals surface area contributed by atoms with E-state index in [-0.39, 0.29) is 0 Å². The number of hydrogen-bond donors (Lipinski definition) is 1. The average molecular weight is 253 g/mol. The zero-order valence-electron chi connectivity index (χ0n) is 10.7. The molecule has 1 saturated heterocycles. The molecule has 1 N–H and O–H groups in total. The molecule has 1 fully saturated rings. The molecule has 0 unspecified atom stereocenters. The standard InChI is InChI=1S/C14H21ClN2/c1-3-17-8-6-13(7-9-17)16-14-10-12(15)5-4-11(14)2/h4-5,10,13,16H,3,6-9H2,1-2H3. The molecule has 0 atom stereocenters. The first-order valence-corrected chi connectivity index (χ1v) is 6.82. The van der Waals surface area contributed by atoms with Crippen molar-refractivity contribution in [3.63, 3.8) is 0 Å². The van der Waals surface area contributed by atoms with Crippen molar-refractivity contribution in [1.29, 1.82) is 0 Å². The zero-order valence-corrected chi connectivity index (χ0v) is 11.4. The van der Waals surface area contributed by atoms with E-state index in [2.05, 4.69) is 30.1 Å². The van der Waals surface area contributed by atoms with Gasteiger partial charge in [0.1, 0.15) is 0 Å². The molecule has 1 heterocycles. The van der Waals surface area contributed by atoms with Crippen molar-refractivity contribution in [3.8, 4) is 0 Å². The van der Waals surface area contributed by atoms with Crippen LogP contribution in [0.25, 0.3) is 0 Å². The lowest BCUT2D eigenvalue weighted by Gasteiger charge is -2.32. The first-order chi connectivity index (χ1) is 8.19. The summed E-state index contributed by atoms with van der Waals surface area (Å²) in [5.74, 6) is 0. The number of benzene rings is 1. The molecule has 2 nitrogen and oxygen atoms in total. The van der Waals surface area contributed by atoms with Gasteiger partial charge in [-0.05, 0) is 44.0 Å². The van der Waals surface area contributed by atoms with Gasteiger partial charge in [-0.3, -0.25) is 0 Å². The number of rotatable bonds is 3. The Bertz CT molecular complexity index is 370.